The number of ether oxygens (including phenoxy) is 1. The van der Waals surface area contributed by atoms with Gasteiger partial charge in [0.2, 0.25) is 5.16 Å². The molecule has 174 valence electrons. The van der Waals surface area contributed by atoms with E-state index < -0.39 is 5.63 Å². The van der Waals surface area contributed by atoms with Gasteiger partial charge < -0.3 is 14.1 Å². The Morgan fingerprint density at radius 3 is 2.82 bits per heavy atom. The minimum atomic E-state index is -0.430. The van der Waals surface area contributed by atoms with E-state index in [2.05, 4.69) is 46.1 Å². The molecular formula is C26H26N4O3S. The number of benzene rings is 2. The third-order valence-electron chi connectivity index (χ3n) is 6.04. The highest BCUT2D eigenvalue weighted by Crippen LogP contribution is 2.27. The smallest absolute Gasteiger partial charge is 0.345 e. The molecule has 0 amide bonds. The van der Waals surface area contributed by atoms with Crippen LogP contribution in [-0.2, 0) is 12.8 Å². The zero-order valence-electron chi connectivity index (χ0n) is 19.3. The van der Waals surface area contributed by atoms with Crippen molar-refractivity contribution < 1.29 is 9.15 Å². The second-order valence-corrected chi connectivity index (χ2v) is 9.17. The van der Waals surface area contributed by atoms with E-state index in [4.69, 9.17) is 9.15 Å². The van der Waals surface area contributed by atoms with Gasteiger partial charge in [-0.25, -0.2) is 9.78 Å². The summed E-state index contributed by atoms with van der Waals surface area (Å²) < 4.78 is 11.2. The van der Waals surface area contributed by atoms with Crippen LogP contribution in [0.1, 0.15) is 25.0 Å². The van der Waals surface area contributed by atoms with E-state index in [1.165, 1.54) is 29.1 Å². The van der Waals surface area contributed by atoms with Crippen molar-refractivity contribution in [3.8, 4) is 17.0 Å². The van der Waals surface area contributed by atoms with Crippen molar-refractivity contribution in [3.63, 3.8) is 0 Å². The van der Waals surface area contributed by atoms with Gasteiger partial charge in [0, 0.05) is 42.4 Å². The Bertz CT molecular complexity index is 1380. The number of rotatable bonds is 8. The minimum absolute atomic E-state index is 0.387. The van der Waals surface area contributed by atoms with Crippen LogP contribution < -0.4 is 15.3 Å². The van der Waals surface area contributed by atoms with E-state index in [1.54, 1.807) is 0 Å². The van der Waals surface area contributed by atoms with Gasteiger partial charge in [-0.2, -0.15) is 5.10 Å². The molecule has 0 bridgehead atoms. The summed E-state index contributed by atoms with van der Waals surface area (Å²) in [5.74, 6) is 1.81. The van der Waals surface area contributed by atoms with Crippen molar-refractivity contribution in [2.75, 3.05) is 30.3 Å². The second kappa shape index (κ2) is 9.85. The molecule has 0 saturated carbocycles. The number of hydrogen-bond donors (Lipinski definition) is 0. The maximum atomic E-state index is 12.8. The van der Waals surface area contributed by atoms with Crippen LogP contribution in [0.3, 0.4) is 0 Å². The molecule has 0 radical (unpaired) electrons. The molecule has 5 rings (SSSR count). The van der Waals surface area contributed by atoms with Gasteiger partial charge in [-0.1, -0.05) is 23.9 Å². The lowest BCUT2D eigenvalue weighted by Gasteiger charge is -2.21. The normalized spacial score (nSPS) is 12.5. The van der Waals surface area contributed by atoms with Crippen LogP contribution in [0, 0.1) is 0 Å². The quantitative estimate of drug-likeness (QED) is 0.267. The first kappa shape index (κ1) is 22.4. The number of hydrogen-bond acceptors (Lipinski definition) is 8. The lowest BCUT2D eigenvalue weighted by Crippen LogP contribution is -2.21. The maximum Gasteiger partial charge on any atom is 0.345 e. The van der Waals surface area contributed by atoms with E-state index in [0.717, 1.165) is 55.1 Å². The molecule has 1 aliphatic heterocycles. The average molecular weight is 475 g/mol. The summed E-state index contributed by atoms with van der Waals surface area (Å²) in [6, 6.07) is 14.1. The van der Waals surface area contributed by atoms with Gasteiger partial charge in [0.1, 0.15) is 17.0 Å². The van der Waals surface area contributed by atoms with Crippen LogP contribution in [0.25, 0.3) is 22.2 Å². The van der Waals surface area contributed by atoms with Crippen molar-refractivity contribution in [3.05, 3.63) is 70.2 Å². The number of thioether (sulfide) groups is 1. The molecular weight excluding hydrogens is 448 g/mol. The van der Waals surface area contributed by atoms with Gasteiger partial charge in [-0.15, -0.1) is 5.10 Å². The Morgan fingerprint density at radius 2 is 1.97 bits per heavy atom. The molecule has 0 aliphatic carbocycles. The van der Waals surface area contributed by atoms with E-state index in [0.29, 0.717) is 22.0 Å². The number of fused-ring (bicyclic) bond motifs is 2. The molecule has 0 spiro atoms. The van der Waals surface area contributed by atoms with Gasteiger partial charge in [0.05, 0.1) is 18.4 Å². The standard InChI is InChI=1S/C26H26N4O3S/c1-3-30(4-2)20-7-6-18-14-21(25(31)33-24(18)15-20)22-16-27-29-26(28-22)34-12-10-17-5-8-23-19(13-17)9-11-32-23/h5-8,13-16H,3-4,9-12H2,1-2H3. The van der Waals surface area contributed by atoms with Crippen molar-refractivity contribution >= 4 is 28.4 Å². The van der Waals surface area contributed by atoms with Gasteiger partial charge in [0.25, 0.3) is 0 Å². The van der Waals surface area contributed by atoms with Crippen LogP contribution in [-0.4, -0.2) is 40.6 Å². The molecule has 0 N–H and O–H groups in total. The number of aromatic nitrogens is 3. The molecule has 3 heterocycles. The fraction of sp³-hybridized carbons (Fsp3) is 0.308. The zero-order valence-corrected chi connectivity index (χ0v) is 20.1. The molecule has 7 nitrogen and oxygen atoms in total. The van der Waals surface area contributed by atoms with Gasteiger partial charge >= 0.3 is 5.63 Å². The number of anilines is 1. The Labute approximate surface area is 202 Å². The predicted octanol–water partition coefficient (Wildman–Crippen LogP) is 4.76. The highest BCUT2D eigenvalue weighted by atomic mass is 32.2. The molecule has 8 heteroatoms. The largest absolute Gasteiger partial charge is 0.493 e. The first-order valence-electron chi connectivity index (χ1n) is 11.5. The van der Waals surface area contributed by atoms with Gasteiger partial charge in [-0.3, -0.25) is 0 Å². The molecule has 0 saturated heterocycles. The Balaban J connectivity index is 1.33. The number of nitrogens with zero attached hydrogens (tertiary/aromatic N) is 4. The van der Waals surface area contributed by atoms with Crippen LogP contribution in [0.15, 0.2) is 63.0 Å². The average Bonchev–Trinajstić information content (AvgIpc) is 3.32. The Kier molecular flexibility index (Phi) is 6.49. The first-order valence-corrected chi connectivity index (χ1v) is 12.5. The predicted molar refractivity (Wildman–Crippen MR) is 135 cm³/mol. The fourth-order valence-electron chi connectivity index (χ4n) is 4.20. The van der Waals surface area contributed by atoms with Crippen molar-refractivity contribution in [2.24, 2.45) is 0 Å². The van der Waals surface area contributed by atoms with Crippen LogP contribution in [0.4, 0.5) is 5.69 Å². The lowest BCUT2D eigenvalue weighted by molar-refractivity contribution is 0.357. The van der Waals surface area contributed by atoms with Crippen molar-refractivity contribution in [1.82, 2.24) is 15.2 Å². The molecule has 2 aromatic carbocycles. The molecule has 0 atom stereocenters. The first-order chi connectivity index (χ1) is 16.6. The summed E-state index contributed by atoms with van der Waals surface area (Å²) in [5.41, 5.74) is 4.56. The molecule has 0 unspecified atom stereocenters. The molecule has 1 aliphatic rings. The minimum Gasteiger partial charge on any atom is -0.493 e. The highest BCUT2D eigenvalue weighted by molar-refractivity contribution is 7.99. The van der Waals surface area contributed by atoms with Crippen molar-refractivity contribution in [1.29, 1.82) is 0 Å². The maximum absolute atomic E-state index is 12.8. The summed E-state index contributed by atoms with van der Waals surface area (Å²) in [7, 11) is 0. The SMILES string of the molecule is CCN(CC)c1ccc2cc(-c3cnnc(SCCc4ccc5c(c4)CCO5)n3)c(=O)oc2c1. The topological polar surface area (TPSA) is 81.4 Å². The van der Waals surface area contributed by atoms with Crippen LogP contribution in [0.5, 0.6) is 5.75 Å². The summed E-state index contributed by atoms with van der Waals surface area (Å²) in [5, 5.41) is 9.60. The second-order valence-electron chi connectivity index (χ2n) is 8.11. The summed E-state index contributed by atoms with van der Waals surface area (Å²) in [6.07, 6.45) is 3.36. The van der Waals surface area contributed by atoms with Gasteiger partial charge in [-0.05, 0) is 55.7 Å². The fourth-order valence-corrected chi connectivity index (χ4v) is 4.99. The Hall–Kier alpha value is -3.39. The third kappa shape index (κ3) is 4.63. The molecule has 2 aromatic heterocycles. The molecule has 0 fully saturated rings. The van der Waals surface area contributed by atoms with E-state index >= 15 is 0 Å². The monoisotopic (exact) mass is 474 g/mol. The van der Waals surface area contributed by atoms with Gasteiger partial charge in [0.15, 0.2) is 0 Å². The van der Waals surface area contributed by atoms with E-state index in [-0.39, 0.29) is 0 Å². The Morgan fingerprint density at radius 1 is 1.09 bits per heavy atom. The van der Waals surface area contributed by atoms with Crippen LogP contribution in [0.2, 0.25) is 0 Å². The third-order valence-corrected chi connectivity index (χ3v) is 6.88. The highest BCUT2D eigenvalue weighted by Gasteiger charge is 2.14. The lowest BCUT2D eigenvalue weighted by atomic mass is 10.1. The summed E-state index contributed by atoms with van der Waals surface area (Å²) >= 11 is 1.52. The summed E-state index contributed by atoms with van der Waals surface area (Å²) in [4.78, 5) is 19.6. The zero-order chi connectivity index (χ0) is 23.5. The molecule has 4 aromatic rings. The van der Waals surface area contributed by atoms with Crippen LogP contribution >= 0.6 is 11.8 Å². The van der Waals surface area contributed by atoms with E-state index in [9.17, 15) is 4.79 Å². The number of aryl methyl sites for hydroxylation is 1. The summed E-state index contributed by atoms with van der Waals surface area (Å²) in [6.45, 7) is 6.74. The van der Waals surface area contributed by atoms with E-state index in [1.807, 2.05) is 30.3 Å². The van der Waals surface area contributed by atoms with Crippen molar-refractivity contribution in [2.45, 2.75) is 31.8 Å². The molecule has 34 heavy (non-hydrogen) atoms.